The predicted molar refractivity (Wildman–Crippen MR) is 65.1 cm³/mol. The Morgan fingerprint density at radius 2 is 2.25 bits per heavy atom. The number of carbonyl (C=O) groups excluding carboxylic acids is 1. The maximum Gasteiger partial charge on any atom is 0.237 e. The second-order valence-electron chi connectivity index (χ2n) is 6.00. The van der Waals surface area contributed by atoms with E-state index in [0.29, 0.717) is 6.04 Å². The summed E-state index contributed by atoms with van der Waals surface area (Å²) in [6.45, 7) is 7.55. The molecule has 1 saturated heterocycles. The molecule has 16 heavy (non-hydrogen) atoms. The Bertz CT molecular complexity index is 275. The maximum atomic E-state index is 12.2. The van der Waals surface area contributed by atoms with Gasteiger partial charge in [0, 0.05) is 6.04 Å². The van der Waals surface area contributed by atoms with Crippen LogP contribution in [0.1, 0.15) is 46.5 Å². The molecule has 1 heterocycles. The number of hydrogen-bond acceptors (Lipinski definition) is 2. The van der Waals surface area contributed by atoms with E-state index in [2.05, 4.69) is 31.4 Å². The zero-order valence-electron chi connectivity index (χ0n) is 10.7. The van der Waals surface area contributed by atoms with Crippen LogP contribution in [0.15, 0.2) is 0 Å². The second kappa shape index (κ2) is 4.36. The topological polar surface area (TPSA) is 41.1 Å². The normalized spacial score (nSPS) is 36.8. The Labute approximate surface area is 98.4 Å². The minimum atomic E-state index is -0.000596. The van der Waals surface area contributed by atoms with Gasteiger partial charge in [-0.2, -0.15) is 0 Å². The van der Waals surface area contributed by atoms with Gasteiger partial charge in [0.15, 0.2) is 0 Å². The van der Waals surface area contributed by atoms with Crippen molar-refractivity contribution in [2.75, 3.05) is 6.54 Å². The van der Waals surface area contributed by atoms with Gasteiger partial charge < -0.3 is 10.6 Å². The van der Waals surface area contributed by atoms with Crippen molar-refractivity contribution in [3.8, 4) is 0 Å². The van der Waals surface area contributed by atoms with Crippen LogP contribution in [0.5, 0.6) is 0 Å². The lowest BCUT2D eigenvalue weighted by atomic mass is 9.77. The summed E-state index contributed by atoms with van der Waals surface area (Å²) in [5, 5.41) is 6.54. The van der Waals surface area contributed by atoms with Crippen molar-refractivity contribution >= 4 is 5.91 Å². The van der Waals surface area contributed by atoms with Crippen LogP contribution in [0.2, 0.25) is 0 Å². The quantitative estimate of drug-likeness (QED) is 0.766. The highest BCUT2D eigenvalue weighted by Crippen LogP contribution is 2.35. The first-order valence-electron chi connectivity index (χ1n) is 6.58. The van der Waals surface area contributed by atoms with Crippen LogP contribution < -0.4 is 10.6 Å². The molecule has 0 aromatic rings. The molecule has 1 saturated carbocycles. The summed E-state index contributed by atoms with van der Waals surface area (Å²) in [6.07, 6.45) is 4.68. The van der Waals surface area contributed by atoms with Crippen LogP contribution in [0.3, 0.4) is 0 Å². The van der Waals surface area contributed by atoms with E-state index in [-0.39, 0.29) is 17.4 Å². The zero-order valence-corrected chi connectivity index (χ0v) is 10.7. The average molecular weight is 224 g/mol. The Morgan fingerprint density at radius 1 is 1.50 bits per heavy atom. The van der Waals surface area contributed by atoms with Crippen molar-refractivity contribution in [3.05, 3.63) is 0 Å². The van der Waals surface area contributed by atoms with Crippen LogP contribution in [-0.2, 0) is 4.79 Å². The molecule has 0 bridgehead atoms. The van der Waals surface area contributed by atoms with Crippen LogP contribution in [-0.4, -0.2) is 24.5 Å². The van der Waals surface area contributed by atoms with Crippen LogP contribution in [0, 0.1) is 11.3 Å². The molecule has 92 valence electrons. The van der Waals surface area contributed by atoms with E-state index in [1.807, 2.05) is 0 Å². The summed E-state index contributed by atoms with van der Waals surface area (Å²) in [4.78, 5) is 12.2. The first-order valence-corrected chi connectivity index (χ1v) is 6.58. The van der Waals surface area contributed by atoms with E-state index in [4.69, 9.17) is 0 Å². The lowest BCUT2D eigenvalue weighted by Gasteiger charge is -2.38. The number of piperidine rings is 1. The minimum absolute atomic E-state index is 0.000596. The van der Waals surface area contributed by atoms with Crippen molar-refractivity contribution < 1.29 is 4.79 Å². The van der Waals surface area contributed by atoms with Gasteiger partial charge in [0.2, 0.25) is 5.91 Å². The second-order valence-corrected chi connectivity index (χ2v) is 6.00. The summed E-state index contributed by atoms with van der Waals surface area (Å²) in [5.74, 6) is 0.946. The molecule has 2 fully saturated rings. The molecule has 3 nitrogen and oxygen atoms in total. The Morgan fingerprint density at radius 3 is 2.81 bits per heavy atom. The Hall–Kier alpha value is -0.570. The predicted octanol–water partition coefficient (Wildman–Crippen LogP) is 1.68. The summed E-state index contributed by atoms with van der Waals surface area (Å²) in [6, 6.07) is 0.455. The highest BCUT2D eigenvalue weighted by Gasteiger charge is 2.42. The third-order valence-electron chi connectivity index (χ3n) is 4.16. The van der Waals surface area contributed by atoms with Gasteiger partial charge in [-0.1, -0.05) is 27.2 Å². The lowest BCUT2D eigenvalue weighted by Crippen LogP contribution is -2.56. The first kappa shape index (κ1) is 11.9. The number of nitrogens with one attached hydrogen (secondary N) is 2. The van der Waals surface area contributed by atoms with Crippen molar-refractivity contribution in [2.45, 2.75) is 58.5 Å². The van der Waals surface area contributed by atoms with Crippen LogP contribution >= 0.6 is 0 Å². The molecule has 2 aliphatic rings. The van der Waals surface area contributed by atoms with E-state index < -0.39 is 0 Å². The monoisotopic (exact) mass is 224 g/mol. The molecule has 3 atom stereocenters. The summed E-state index contributed by atoms with van der Waals surface area (Å²) >= 11 is 0. The van der Waals surface area contributed by atoms with E-state index in [9.17, 15) is 4.79 Å². The molecule has 0 spiro atoms. The van der Waals surface area contributed by atoms with Crippen molar-refractivity contribution in [2.24, 2.45) is 11.3 Å². The highest BCUT2D eigenvalue weighted by molar-refractivity contribution is 5.83. The Kier molecular flexibility index (Phi) is 3.24. The van der Waals surface area contributed by atoms with E-state index in [1.165, 1.54) is 19.3 Å². The summed E-state index contributed by atoms with van der Waals surface area (Å²) in [5.41, 5.74) is 0.0962. The molecule has 3 heteroatoms. The zero-order chi connectivity index (χ0) is 11.8. The summed E-state index contributed by atoms with van der Waals surface area (Å²) < 4.78 is 0. The van der Waals surface area contributed by atoms with E-state index >= 15 is 0 Å². The SMILES string of the molecule is CCC1CC1NC(=O)C1NCCCC1(C)C. The fourth-order valence-corrected chi connectivity index (χ4v) is 2.80. The largest absolute Gasteiger partial charge is 0.352 e. The van der Waals surface area contributed by atoms with Crippen molar-refractivity contribution in [1.29, 1.82) is 0 Å². The fourth-order valence-electron chi connectivity index (χ4n) is 2.80. The van der Waals surface area contributed by atoms with Crippen molar-refractivity contribution in [1.82, 2.24) is 10.6 Å². The molecule has 2 N–H and O–H groups in total. The molecule has 1 aliphatic carbocycles. The smallest absolute Gasteiger partial charge is 0.237 e. The van der Waals surface area contributed by atoms with Crippen molar-refractivity contribution in [3.63, 3.8) is 0 Å². The van der Waals surface area contributed by atoms with Gasteiger partial charge in [-0.15, -0.1) is 0 Å². The van der Waals surface area contributed by atoms with Gasteiger partial charge in [0.1, 0.15) is 0 Å². The van der Waals surface area contributed by atoms with Gasteiger partial charge in [-0.25, -0.2) is 0 Å². The minimum Gasteiger partial charge on any atom is -0.352 e. The first-order chi connectivity index (χ1) is 7.54. The molecule has 1 amide bonds. The number of rotatable bonds is 3. The highest BCUT2D eigenvalue weighted by atomic mass is 16.2. The fraction of sp³-hybridized carbons (Fsp3) is 0.923. The lowest BCUT2D eigenvalue weighted by molar-refractivity contribution is -0.127. The number of amides is 1. The molecule has 0 aromatic heterocycles. The molecule has 0 radical (unpaired) electrons. The maximum absolute atomic E-state index is 12.2. The molecule has 2 rings (SSSR count). The summed E-state index contributed by atoms with van der Waals surface area (Å²) in [7, 11) is 0. The molecule has 3 unspecified atom stereocenters. The van der Waals surface area contributed by atoms with Gasteiger partial charge in [0.05, 0.1) is 6.04 Å². The third kappa shape index (κ3) is 2.40. The van der Waals surface area contributed by atoms with E-state index in [1.54, 1.807) is 0 Å². The average Bonchev–Trinajstić information content (AvgIpc) is 2.95. The van der Waals surface area contributed by atoms with Gasteiger partial charge in [-0.05, 0) is 37.1 Å². The van der Waals surface area contributed by atoms with Crippen LogP contribution in [0.25, 0.3) is 0 Å². The standard InChI is InChI=1S/C13H24N2O/c1-4-9-8-10(9)15-12(16)11-13(2,3)6-5-7-14-11/h9-11,14H,4-8H2,1-3H3,(H,15,16). The van der Waals surface area contributed by atoms with Gasteiger partial charge in [-0.3, -0.25) is 4.79 Å². The molecule has 1 aliphatic heterocycles. The molecular weight excluding hydrogens is 200 g/mol. The third-order valence-corrected chi connectivity index (χ3v) is 4.16. The van der Waals surface area contributed by atoms with Crippen LogP contribution in [0.4, 0.5) is 0 Å². The Balaban J connectivity index is 1.88. The molecule has 0 aromatic carbocycles. The van der Waals surface area contributed by atoms with Gasteiger partial charge in [0.25, 0.3) is 0 Å². The number of carbonyl (C=O) groups is 1. The van der Waals surface area contributed by atoms with Gasteiger partial charge >= 0.3 is 0 Å². The number of hydrogen-bond donors (Lipinski definition) is 2. The molecular formula is C13H24N2O. The van der Waals surface area contributed by atoms with E-state index in [0.717, 1.165) is 18.9 Å².